The Kier molecular flexibility index (Phi) is 4.59. The Labute approximate surface area is 141 Å². The molecule has 0 saturated carbocycles. The second-order valence-corrected chi connectivity index (χ2v) is 5.65. The molecule has 0 saturated heterocycles. The minimum atomic E-state index is -0.201. The van der Waals surface area contributed by atoms with Crippen LogP contribution < -0.4 is 15.4 Å². The number of benzene rings is 2. The maximum Gasteiger partial charge on any atom is 0.243 e. The predicted octanol–water partition coefficient (Wildman–Crippen LogP) is 3.40. The normalized spacial score (nSPS) is 10.5. The van der Waals surface area contributed by atoms with Crippen molar-refractivity contribution >= 4 is 51.6 Å². The van der Waals surface area contributed by atoms with Crippen LogP contribution >= 0.6 is 23.3 Å². The van der Waals surface area contributed by atoms with Gasteiger partial charge in [0.1, 0.15) is 16.8 Å². The SMILES string of the molecule is COc1ccc(Cl)cc1NCC(=O)Nc1cccc2nsnc12. The molecule has 1 amide bonds. The first-order chi connectivity index (χ1) is 11.2. The summed E-state index contributed by atoms with van der Waals surface area (Å²) in [6, 6.07) is 10.6. The highest BCUT2D eigenvalue weighted by Gasteiger charge is 2.10. The van der Waals surface area contributed by atoms with Crippen molar-refractivity contribution in [1.29, 1.82) is 0 Å². The van der Waals surface area contributed by atoms with E-state index in [0.29, 0.717) is 27.7 Å². The van der Waals surface area contributed by atoms with E-state index in [9.17, 15) is 4.79 Å². The molecule has 0 unspecified atom stereocenters. The highest BCUT2D eigenvalue weighted by atomic mass is 35.5. The number of rotatable bonds is 5. The van der Waals surface area contributed by atoms with Gasteiger partial charge in [-0.05, 0) is 30.3 Å². The molecule has 1 heterocycles. The molecule has 23 heavy (non-hydrogen) atoms. The maximum atomic E-state index is 12.1. The average Bonchev–Trinajstić information content (AvgIpc) is 3.03. The van der Waals surface area contributed by atoms with Gasteiger partial charge in [-0.1, -0.05) is 17.7 Å². The van der Waals surface area contributed by atoms with E-state index in [1.807, 2.05) is 12.1 Å². The average molecular weight is 349 g/mol. The number of carbonyl (C=O) groups excluding carboxylic acids is 1. The van der Waals surface area contributed by atoms with E-state index in [2.05, 4.69) is 19.4 Å². The molecule has 2 N–H and O–H groups in total. The number of anilines is 2. The smallest absolute Gasteiger partial charge is 0.243 e. The minimum Gasteiger partial charge on any atom is -0.495 e. The summed E-state index contributed by atoms with van der Waals surface area (Å²) in [7, 11) is 1.56. The molecule has 0 aliphatic carbocycles. The van der Waals surface area contributed by atoms with E-state index in [0.717, 1.165) is 17.2 Å². The van der Waals surface area contributed by atoms with Crippen molar-refractivity contribution in [1.82, 2.24) is 8.75 Å². The van der Waals surface area contributed by atoms with E-state index in [1.165, 1.54) is 0 Å². The lowest BCUT2D eigenvalue weighted by molar-refractivity contribution is -0.114. The van der Waals surface area contributed by atoms with Gasteiger partial charge in [-0.25, -0.2) is 0 Å². The maximum absolute atomic E-state index is 12.1. The van der Waals surface area contributed by atoms with Gasteiger partial charge in [-0.2, -0.15) is 8.75 Å². The standard InChI is InChI=1S/C15H13ClN4O2S/c1-22-13-6-5-9(16)7-12(13)17-8-14(21)18-10-3-2-4-11-15(10)20-23-19-11/h2-7,17H,8H2,1H3,(H,18,21). The van der Waals surface area contributed by atoms with E-state index in [-0.39, 0.29) is 12.5 Å². The Morgan fingerprint density at radius 1 is 1.26 bits per heavy atom. The molecule has 0 atom stereocenters. The van der Waals surface area contributed by atoms with Crippen molar-refractivity contribution in [2.24, 2.45) is 0 Å². The summed E-state index contributed by atoms with van der Waals surface area (Å²) in [5.41, 5.74) is 2.74. The summed E-state index contributed by atoms with van der Waals surface area (Å²) < 4.78 is 13.6. The minimum absolute atomic E-state index is 0.0741. The van der Waals surface area contributed by atoms with Gasteiger partial charge in [0.2, 0.25) is 5.91 Å². The molecule has 2 aromatic carbocycles. The van der Waals surface area contributed by atoms with Gasteiger partial charge in [0.15, 0.2) is 0 Å². The number of amides is 1. The number of halogens is 1. The number of ether oxygens (including phenoxy) is 1. The number of methoxy groups -OCH3 is 1. The van der Waals surface area contributed by atoms with Crippen LogP contribution in [0.3, 0.4) is 0 Å². The number of fused-ring (bicyclic) bond motifs is 1. The number of nitrogens with zero attached hydrogens (tertiary/aromatic N) is 2. The second kappa shape index (κ2) is 6.80. The third-order valence-corrected chi connectivity index (χ3v) is 3.94. The molecule has 1 aromatic heterocycles. The summed E-state index contributed by atoms with van der Waals surface area (Å²) in [6.45, 7) is 0.0741. The van der Waals surface area contributed by atoms with Crippen LogP contribution in [0.25, 0.3) is 11.0 Å². The molecule has 0 fully saturated rings. The fourth-order valence-electron chi connectivity index (χ4n) is 2.10. The lowest BCUT2D eigenvalue weighted by atomic mass is 10.2. The molecule has 0 spiro atoms. The summed E-state index contributed by atoms with van der Waals surface area (Å²) in [5.74, 6) is 0.417. The zero-order chi connectivity index (χ0) is 16.2. The first kappa shape index (κ1) is 15.5. The summed E-state index contributed by atoms with van der Waals surface area (Å²) in [6.07, 6.45) is 0. The lowest BCUT2D eigenvalue weighted by Crippen LogP contribution is -2.22. The quantitative estimate of drug-likeness (QED) is 0.739. The topological polar surface area (TPSA) is 76.1 Å². The van der Waals surface area contributed by atoms with Crippen LogP contribution in [0.2, 0.25) is 5.02 Å². The van der Waals surface area contributed by atoms with Crippen molar-refractivity contribution in [3.63, 3.8) is 0 Å². The molecule has 0 aliphatic rings. The van der Waals surface area contributed by atoms with Gasteiger partial charge in [-0.15, -0.1) is 0 Å². The van der Waals surface area contributed by atoms with Gasteiger partial charge in [0, 0.05) is 5.02 Å². The molecule has 0 bridgehead atoms. The van der Waals surface area contributed by atoms with Gasteiger partial charge in [0.25, 0.3) is 0 Å². The fourth-order valence-corrected chi connectivity index (χ4v) is 2.82. The Balaban J connectivity index is 1.68. The van der Waals surface area contributed by atoms with Crippen LogP contribution in [0.15, 0.2) is 36.4 Å². The number of hydrogen-bond acceptors (Lipinski definition) is 6. The van der Waals surface area contributed by atoms with Gasteiger partial charge < -0.3 is 15.4 Å². The Hall–Kier alpha value is -2.38. The molecule has 8 heteroatoms. The van der Waals surface area contributed by atoms with Crippen molar-refractivity contribution in [3.05, 3.63) is 41.4 Å². The third kappa shape index (κ3) is 3.52. The third-order valence-electron chi connectivity index (χ3n) is 3.16. The van der Waals surface area contributed by atoms with Crippen molar-refractivity contribution in [3.8, 4) is 5.75 Å². The Morgan fingerprint density at radius 2 is 2.13 bits per heavy atom. The second-order valence-electron chi connectivity index (χ2n) is 4.68. The van der Waals surface area contributed by atoms with Gasteiger partial charge in [0.05, 0.1) is 36.8 Å². The highest BCUT2D eigenvalue weighted by Crippen LogP contribution is 2.27. The lowest BCUT2D eigenvalue weighted by Gasteiger charge is -2.11. The van der Waals surface area contributed by atoms with Crippen LogP contribution in [-0.4, -0.2) is 28.3 Å². The summed E-state index contributed by atoms with van der Waals surface area (Å²) >= 11 is 7.07. The fraction of sp³-hybridized carbons (Fsp3) is 0.133. The van der Waals surface area contributed by atoms with Crippen molar-refractivity contribution in [2.75, 3.05) is 24.3 Å². The molecule has 0 aliphatic heterocycles. The first-order valence-electron chi connectivity index (χ1n) is 6.76. The van der Waals surface area contributed by atoms with Crippen LogP contribution in [0.5, 0.6) is 5.75 Å². The first-order valence-corrected chi connectivity index (χ1v) is 7.87. The molecule has 0 radical (unpaired) electrons. The van der Waals surface area contributed by atoms with Crippen LogP contribution in [0.1, 0.15) is 0 Å². The molecule has 6 nitrogen and oxygen atoms in total. The monoisotopic (exact) mass is 348 g/mol. The van der Waals surface area contributed by atoms with E-state index < -0.39 is 0 Å². The number of hydrogen-bond donors (Lipinski definition) is 2. The highest BCUT2D eigenvalue weighted by molar-refractivity contribution is 7.00. The van der Waals surface area contributed by atoms with Crippen molar-refractivity contribution in [2.45, 2.75) is 0 Å². The zero-order valence-electron chi connectivity index (χ0n) is 12.2. The molecule has 118 valence electrons. The van der Waals surface area contributed by atoms with Crippen molar-refractivity contribution < 1.29 is 9.53 Å². The molecular formula is C15H13ClN4O2S. The van der Waals surface area contributed by atoms with Gasteiger partial charge in [-0.3, -0.25) is 4.79 Å². The van der Waals surface area contributed by atoms with Crippen LogP contribution in [-0.2, 0) is 4.79 Å². The number of nitrogens with one attached hydrogen (secondary N) is 2. The Morgan fingerprint density at radius 3 is 2.96 bits per heavy atom. The Bertz CT molecular complexity index is 852. The van der Waals surface area contributed by atoms with Gasteiger partial charge >= 0.3 is 0 Å². The summed E-state index contributed by atoms with van der Waals surface area (Å²) in [4.78, 5) is 12.1. The van der Waals surface area contributed by atoms with E-state index in [1.54, 1.807) is 31.4 Å². The molecule has 3 aromatic rings. The van der Waals surface area contributed by atoms with E-state index in [4.69, 9.17) is 16.3 Å². The predicted molar refractivity (Wildman–Crippen MR) is 92.5 cm³/mol. The van der Waals surface area contributed by atoms with Crippen LogP contribution in [0, 0.1) is 0 Å². The number of aromatic nitrogens is 2. The van der Waals surface area contributed by atoms with Crippen LogP contribution in [0.4, 0.5) is 11.4 Å². The molecule has 3 rings (SSSR count). The largest absolute Gasteiger partial charge is 0.495 e. The summed E-state index contributed by atoms with van der Waals surface area (Å²) in [5, 5.41) is 6.40. The number of carbonyl (C=O) groups is 1. The zero-order valence-corrected chi connectivity index (χ0v) is 13.7. The molecular weight excluding hydrogens is 336 g/mol. The van der Waals surface area contributed by atoms with E-state index >= 15 is 0 Å².